The quantitative estimate of drug-likeness (QED) is 0.478. The summed E-state index contributed by atoms with van der Waals surface area (Å²) in [7, 11) is 0. The SMILES string of the molecule is O=C(N[C@@H](CO)c1ccccc1)c1[nH]c(-c2ccncc2)c2cccc[n+]12. The van der Waals surface area contributed by atoms with Crippen LogP contribution in [0.4, 0.5) is 0 Å². The van der Waals surface area contributed by atoms with Crippen LogP contribution in [0.5, 0.6) is 0 Å². The fraction of sp³-hybridized carbons (Fsp3) is 0.0952. The van der Waals surface area contributed by atoms with Crippen LogP contribution in [0.15, 0.2) is 79.3 Å². The van der Waals surface area contributed by atoms with Crippen LogP contribution >= 0.6 is 0 Å². The molecule has 0 aliphatic heterocycles. The summed E-state index contributed by atoms with van der Waals surface area (Å²) >= 11 is 0. The summed E-state index contributed by atoms with van der Waals surface area (Å²) in [5.74, 6) is 0.103. The molecule has 6 heteroatoms. The van der Waals surface area contributed by atoms with Gasteiger partial charge in [-0.05, 0) is 29.8 Å². The summed E-state index contributed by atoms with van der Waals surface area (Å²) < 4.78 is 1.81. The Hall–Kier alpha value is -3.51. The number of pyridine rings is 2. The maximum atomic E-state index is 13.0. The van der Waals surface area contributed by atoms with Gasteiger partial charge >= 0.3 is 11.7 Å². The molecule has 134 valence electrons. The third-order valence-electron chi connectivity index (χ3n) is 4.47. The zero-order valence-corrected chi connectivity index (χ0v) is 14.5. The standard InChI is InChI=1S/C21H18N4O2/c26-14-17(15-6-2-1-3-7-15)23-21(27)20-24-19(16-9-11-22-12-10-16)18-8-4-5-13-25(18)20/h1-13,17,26H,14H2,(H,23,27)/p+1/t17-/m0/s1. The van der Waals surface area contributed by atoms with Crippen molar-refractivity contribution in [3.8, 4) is 11.3 Å². The lowest BCUT2D eigenvalue weighted by Crippen LogP contribution is -2.38. The Bertz CT molecular complexity index is 1060. The molecule has 3 N–H and O–H groups in total. The summed E-state index contributed by atoms with van der Waals surface area (Å²) in [5, 5.41) is 12.6. The van der Waals surface area contributed by atoms with Gasteiger partial charge in [0, 0.05) is 18.0 Å². The lowest BCUT2D eigenvalue weighted by molar-refractivity contribution is -0.513. The minimum Gasteiger partial charge on any atom is -0.394 e. The number of nitrogens with zero attached hydrogens (tertiary/aromatic N) is 2. The Labute approximate surface area is 156 Å². The van der Waals surface area contributed by atoms with E-state index in [2.05, 4.69) is 15.3 Å². The second kappa shape index (κ2) is 7.39. The van der Waals surface area contributed by atoms with E-state index in [-0.39, 0.29) is 12.5 Å². The first kappa shape index (κ1) is 16.9. The van der Waals surface area contributed by atoms with Crippen LogP contribution in [-0.4, -0.2) is 27.6 Å². The highest BCUT2D eigenvalue weighted by molar-refractivity contribution is 5.91. The number of carbonyl (C=O) groups excluding carboxylic acids is 1. The first-order valence-corrected chi connectivity index (χ1v) is 8.67. The topological polar surface area (TPSA) is 82.1 Å². The number of H-pyrrole nitrogens is 1. The van der Waals surface area contributed by atoms with E-state index >= 15 is 0 Å². The molecule has 1 atom stereocenters. The molecule has 0 saturated carbocycles. The highest BCUT2D eigenvalue weighted by Gasteiger charge is 2.27. The summed E-state index contributed by atoms with van der Waals surface area (Å²) in [6, 6.07) is 18.5. The van der Waals surface area contributed by atoms with E-state index in [1.165, 1.54) is 0 Å². The normalized spacial score (nSPS) is 12.0. The number of amides is 1. The minimum absolute atomic E-state index is 0.184. The molecule has 0 radical (unpaired) electrons. The van der Waals surface area contributed by atoms with Gasteiger partial charge < -0.3 is 10.4 Å². The van der Waals surface area contributed by atoms with Gasteiger partial charge in [0.2, 0.25) is 0 Å². The van der Waals surface area contributed by atoms with E-state index in [0.717, 1.165) is 22.3 Å². The monoisotopic (exact) mass is 359 g/mol. The number of aromatic amines is 1. The Morgan fingerprint density at radius 2 is 1.81 bits per heavy atom. The van der Waals surface area contributed by atoms with Crippen LogP contribution in [-0.2, 0) is 0 Å². The van der Waals surface area contributed by atoms with Gasteiger partial charge in [0.25, 0.3) is 0 Å². The molecule has 0 aliphatic rings. The number of aliphatic hydroxyl groups is 1. The van der Waals surface area contributed by atoms with Crippen LogP contribution in [0.2, 0.25) is 0 Å². The van der Waals surface area contributed by atoms with E-state index < -0.39 is 6.04 Å². The predicted molar refractivity (Wildman–Crippen MR) is 101 cm³/mol. The first-order valence-electron chi connectivity index (χ1n) is 8.67. The number of aliphatic hydroxyl groups excluding tert-OH is 1. The zero-order chi connectivity index (χ0) is 18.6. The summed E-state index contributed by atoms with van der Waals surface area (Å²) in [4.78, 5) is 20.2. The molecule has 0 bridgehead atoms. The Balaban J connectivity index is 1.72. The summed E-state index contributed by atoms with van der Waals surface area (Å²) in [6.45, 7) is -0.184. The number of imidazole rings is 1. The van der Waals surface area contributed by atoms with Crippen molar-refractivity contribution >= 4 is 11.4 Å². The number of aromatic nitrogens is 3. The molecule has 27 heavy (non-hydrogen) atoms. The highest BCUT2D eigenvalue weighted by Crippen LogP contribution is 2.21. The van der Waals surface area contributed by atoms with E-state index in [1.54, 1.807) is 12.4 Å². The van der Waals surface area contributed by atoms with Gasteiger partial charge in [-0.3, -0.25) is 9.78 Å². The van der Waals surface area contributed by atoms with E-state index in [0.29, 0.717) is 5.82 Å². The van der Waals surface area contributed by atoms with Gasteiger partial charge in [0.1, 0.15) is 0 Å². The Morgan fingerprint density at radius 1 is 1.07 bits per heavy atom. The number of fused-ring (bicyclic) bond motifs is 1. The van der Waals surface area contributed by atoms with Gasteiger partial charge in [0.05, 0.1) is 18.8 Å². The van der Waals surface area contributed by atoms with Gasteiger partial charge in [0.15, 0.2) is 11.2 Å². The molecule has 6 nitrogen and oxygen atoms in total. The van der Waals surface area contributed by atoms with Crippen LogP contribution in [0.3, 0.4) is 0 Å². The Kier molecular flexibility index (Phi) is 4.63. The smallest absolute Gasteiger partial charge is 0.351 e. The van der Waals surface area contributed by atoms with E-state index in [4.69, 9.17) is 0 Å². The van der Waals surface area contributed by atoms with Crippen LogP contribution in [0.1, 0.15) is 22.2 Å². The van der Waals surface area contributed by atoms with Gasteiger partial charge in [-0.15, -0.1) is 0 Å². The zero-order valence-electron chi connectivity index (χ0n) is 14.5. The second-order valence-corrected chi connectivity index (χ2v) is 6.16. The van der Waals surface area contributed by atoms with Crippen molar-refractivity contribution in [1.82, 2.24) is 15.3 Å². The summed E-state index contributed by atoms with van der Waals surface area (Å²) in [6.07, 6.45) is 5.26. The van der Waals surface area contributed by atoms with Crippen LogP contribution in [0, 0.1) is 0 Å². The maximum Gasteiger partial charge on any atom is 0.351 e. The van der Waals surface area contributed by atoms with Crippen molar-refractivity contribution in [3.63, 3.8) is 0 Å². The molecule has 1 aromatic carbocycles. The highest BCUT2D eigenvalue weighted by atomic mass is 16.3. The van der Waals surface area contributed by atoms with Crippen molar-refractivity contribution < 1.29 is 14.3 Å². The van der Waals surface area contributed by atoms with Crippen molar-refractivity contribution in [2.75, 3.05) is 6.61 Å². The van der Waals surface area contributed by atoms with Gasteiger partial charge in [-0.2, -0.15) is 4.40 Å². The molecule has 4 aromatic rings. The molecule has 3 aromatic heterocycles. The Morgan fingerprint density at radius 3 is 2.56 bits per heavy atom. The number of rotatable bonds is 5. The minimum atomic E-state index is -0.481. The van der Waals surface area contributed by atoms with Crippen molar-refractivity contribution in [2.24, 2.45) is 0 Å². The molecule has 0 spiro atoms. The molecular weight excluding hydrogens is 340 g/mol. The third-order valence-corrected chi connectivity index (χ3v) is 4.47. The molecule has 1 amide bonds. The number of hydrogen-bond donors (Lipinski definition) is 3. The number of hydrogen-bond acceptors (Lipinski definition) is 3. The largest absolute Gasteiger partial charge is 0.394 e. The first-order chi connectivity index (χ1) is 13.3. The molecule has 4 rings (SSSR count). The lowest BCUT2D eigenvalue weighted by atomic mass is 10.1. The average Bonchev–Trinajstić information content (AvgIpc) is 3.13. The maximum absolute atomic E-state index is 13.0. The van der Waals surface area contributed by atoms with Gasteiger partial charge in [-0.1, -0.05) is 36.4 Å². The summed E-state index contributed by atoms with van der Waals surface area (Å²) in [5.41, 5.74) is 3.51. The molecule has 0 fully saturated rings. The predicted octanol–water partition coefficient (Wildman–Crippen LogP) is 2.28. The van der Waals surface area contributed by atoms with Gasteiger partial charge in [-0.25, -0.2) is 4.98 Å². The molecular formula is C21H19N4O2+. The van der Waals surface area contributed by atoms with Crippen molar-refractivity contribution in [3.05, 3.63) is 90.6 Å². The fourth-order valence-electron chi connectivity index (χ4n) is 3.14. The average molecular weight is 359 g/mol. The lowest BCUT2D eigenvalue weighted by Gasteiger charge is -2.14. The fourth-order valence-corrected chi connectivity index (χ4v) is 3.14. The van der Waals surface area contributed by atoms with Crippen LogP contribution < -0.4 is 9.72 Å². The second-order valence-electron chi connectivity index (χ2n) is 6.16. The number of benzene rings is 1. The molecule has 0 aliphatic carbocycles. The van der Waals surface area contributed by atoms with Crippen molar-refractivity contribution in [1.29, 1.82) is 0 Å². The van der Waals surface area contributed by atoms with Crippen LogP contribution in [0.25, 0.3) is 16.8 Å². The van der Waals surface area contributed by atoms with E-state index in [1.807, 2.05) is 71.3 Å². The van der Waals surface area contributed by atoms with E-state index in [9.17, 15) is 9.90 Å². The number of nitrogens with one attached hydrogen (secondary N) is 2. The molecule has 3 heterocycles. The molecule has 0 unspecified atom stereocenters. The molecule has 0 saturated heterocycles. The van der Waals surface area contributed by atoms with Crippen molar-refractivity contribution in [2.45, 2.75) is 6.04 Å². The third kappa shape index (κ3) is 3.30. The number of carbonyl (C=O) groups is 1.